The van der Waals surface area contributed by atoms with Crippen molar-refractivity contribution in [2.75, 3.05) is 5.32 Å². The monoisotopic (exact) mass is 384 g/mol. The second kappa shape index (κ2) is 7.99. The summed E-state index contributed by atoms with van der Waals surface area (Å²) >= 11 is 0. The number of nitrogens with zero attached hydrogens (tertiary/aromatic N) is 1. The van der Waals surface area contributed by atoms with Gasteiger partial charge in [0.15, 0.2) is 5.58 Å². The minimum atomic E-state index is -0.853. The van der Waals surface area contributed by atoms with E-state index in [-0.39, 0.29) is 29.9 Å². The minimum absolute atomic E-state index is 0.0743. The average Bonchev–Trinajstić information content (AvgIpc) is 2.67. The van der Waals surface area contributed by atoms with E-state index in [1.54, 1.807) is 13.8 Å². The maximum absolute atomic E-state index is 13.3. The molecule has 8 heteroatoms. The number of benzene rings is 1. The molecule has 2 aromatic heterocycles. The lowest BCUT2D eigenvalue weighted by Gasteiger charge is -2.10. The molecule has 2 heterocycles. The highest BCUT2D eigenvalue weighted by molar-refractivity contribution is 6.05. The lowest BCUT2D eigenvalue weighted by Crippen LogP contribution is -2.21. The minimum Gasteiger partial charge on any atom is -0.461 e. The Balaban J connectivity index is 2.00. The summed E-state index contributed by atoms with van der Waals surface area (Å²) in [4.78, 5) is 40.4. The zero-order valence-electron chi connectivity index (χ0n) is 15.2. The molecule has 0 saturated carbocycles. The number of hydrogen-bond donors (Lipinski definition) is 1. The Hall–Kier alpha value is -3.55. The van der Waals surface area contributed by atoms with E-state index in [0.29, 0.717) is 16.6 Å². The first-order valence-corrected chi connectivity index (χ1v) is 8.54. The van der Waals surface area contributed by atoms with Gasteiger partial charge in [0, 0.05) is 29.3 Å². The van der Waals surface area contributed by atoms with Crippen LogP contribution in [-0.2, 0) is 16.1 Å². The normalized spacial score (nSPS) is 10.7. The lowest BCUT2D eigenvalue weighted by molar-refractivity contribution is -0.144. The van der Waals surface area contributed by atoms with E-state index in [9.17, 15) is 18.8 Å². The van der Waals surface area contributed by atoms with E-state index < -0.39 is 23.3 Å². The number of anilines is 1. The first-order valence-electron chi connectivity index (χ1n) is 8.54. The molecule has 0 radical (unpaired) electrons. The van der Waals surface area contributed by atoms with Gasteiger partial charge in [-0.25, -0.2) is 9.18 Å². The van der Waals surface area contributed by atoms with Crippen molar-refractivity contribution >= 4 is 28.5 Å². The fourth-order valence-electron chi connectivity index (χ4n) is 2.58. The smallest absolute Gasteiger partial charge is 0.349 e. The first-order chi connectivity index (χ1) is 13.4. The maximum atomic E-state index is 13.3. The summed E-state index contributed by atoms with van der Waals surface area (Å²) in [6, 6.07) is 6.65. The number of ether oxygens (including phenoxy) is 1. The molecule has 0 saturated heterocycles. The van der Waals surface area contributed by atoms with Gasteiger partial charge in [-0.15, -0.1) is 0 Å². The van der Waals surface area contributed by atoms with E-state index in [1.807, 2.05) is 0 Å². The Morgan fingerprint density at radius 2 is 2.07 bits per heavy atom. The fraction of sp³-hybridized carbons (Fsp3) is 0.200. The van der Waals surface area contributed by atoms with Crippen molar-refractivity contribution in [2.45, 2.75) is 26.9 Å². The van der Waals surface area contributed by atoms with Crippen LogP contribution in [0.15, 0.2) is 45.7 Å². The summed E-state index contributed by atoms with van der Waals surface area (Å²) < 4.78 is 23.7. The fourth-order valence-corrected chi connectivity index (χ4v) is 2.58. The molecule has 0 fully saturated rings. The van der Waals surface area contributed by atoms with Crippen LogP contribution in [0.1, 0.15) is 35.0 Å². The van der Waals surface area contributed by atoms with Crippen LogP contribution in [0.4, 0.5) is 10.1 Å². The third kappa shape index (κ3) is 4.06. The topological polar surface area (TPSA) is 98.5 Å². The Morgan fingerprint density at radius 3 is 2.79 bits per heavy atom. The molecule has 0 unspecified atom stereocenters. The molecular weight excluding hydrogens is 367 g/mol. The molecule has 1 amide bonds. The number of carbonyl (C=O) groups excluding carboxylic acids is 2. The van der Waals surface area contributed by atoms with Crippen molar-refractivity contribution in [2.24, 2.45) is 0 Å². The van der Waals surface area contributed by atoms with Gasteiger partial charge in [0.05, 0.1) is 5.69 Å². The van der Waals surface area contributed by atoms with Gasteiger partial charge in [-0.1, -0.05) is 13.0 Å². The predicted octanol–water partition coefficient (Wildman–Crippen LogP) is 3.34. The van der Waals surface area contributed by atoms with Crippen molar-refractivity contribution in [3.8, 4) is 0 Å². The first kappa shape index (κ1) is 19.2. The van der Waals surface area contributed by atoms with E-state index in [0.717, 1.165) is 6.07 Å². The summed E-state index contributed by atoms with van der Waals surface area (Å²) in [6.45, 7) is 3.25. The van der Waals surface area contributed by atoms with Crippen molar-refractivity contribution in [3.05, 3.63) is 69.6 Å². The molecule has 28 heavy (non-hydrogen) atoms. The Bertz CT molecular complexity index is 1120. The number of esters is 1. The van der Waals surface area contributed by atoms with Crippen LogP contribution in [0.25, 0.3) is 11.0 Å². The Morgan fingerprint density at radius 1 is 1.29 bits per heavy atom. The second-order valence-electron chi connectivity index (χ2n) is 6.04. The second-order valence-corrected chi connectivity index (χ2v) is 6.04. The highest BCUT2D eigenvalue weighted by Crippen LogP contribution is 2.22. The Kier molecular flexibility index (Phi) is 5.49. The molecule has 3 rings (SSSR count). The molecular formula is C20H17FN2O5. The molecule has 7 nitrogen and oxygen atoms in total. The third-order valence-corrected chi connectivity index (χ3v) is 4.04. The number of aromatic nitrogens is 1. The van der Waals surface area contributed by atoms with Gasteiger partial charge in [0.2, 0.25) is 0 Å². The number of fused-ring (bicyclic) bond motifs is 1. The molecule has 0 aliphatic rings. The Labute approximate surface area is 159 Å². The standard InChI is InChI=1S/C20H17FN2O5/c1-3-17(24)27-10-12-9-22-11(2)18-15(12)8-16(20(26)28-18)19(25)23-14-6-4-5-13(21)7-14/h4-9H,3,10H2,1-2H3,(H,23,25). The summed E-state index contributed by atoms with van der Waals surface area (Å²) in [5, 5.41) is 2.89. The van der Waals surface area contributed by atoms with E-state index >= 15 is 0 Å². The zero-order valence-corrected chi connectivity index (χ0v) is 15.2. The van der Waals surface area contributed by atoms with Gasteiger partial charge >= 0.3 is 11.6 Å². The molecule has 0 aliphatic heterocycles. The number of hydrogen-bond acceptors (Lipinski definition) is 6. The van der Waals surface area contributed by atoms with E-state index in [1.165, 1.54) is 30.5 Å². The number of amides is 1. The number of nitrogens with one attached hydrogen (secondary N) is 1. The van der Waals surface area contributed by atoms with Crippen molar-refractivity contribution in [1.29, 1.82) is 0 Å². The summed E-state index contributed by atoms with van der Waals surface area (Å²) in [5.74, 6) is -1.66. The average molecular weight is 384 g/mol. The number of pyridine rings is 1. The van der Waals surface area contributed by atoms with Crippen LogP contribution in [-0.4, -0.2) is 16.9 Å². The molecule has 0 bridgehead atoms. The zero-order chi connectivity index (χ0) is 20.3. The predicted molar refractivity (Wildman–Crippen MR) is 99.5 cm³/mol. The quantitative estimate of drug-likeness (QED) is 0.678. The van der Waals surface area contributed by atoms with Crippen molar-refractivity contribution < 1.29 is 23.1 Å². The van der Waals surface area contributed by atoms with Crippen LogP contribution < -0.4 is 10.9 Å². The molecule has 1 N–H and O–H groups in total. The number of carbonyl (C=O) groups is 2. The van der Waals surface area contributed by atoms with Gasteiger partial charge in [-0.3, -0.25) is 14.6 Å². The molecule has 1 aromatic carbocycles. The number of rotatable bonds is 5. The number of halogens is 1. The highest BCUT2D eigenvalue weighted by Gasteiger charge is 2.18. The van der Waals surface area contributed by atoms with Crippen LogP contribution in [0.2, 0.25) is 0 Å². The molecule has 0 aliphatic carbocycles. The molecule has 3 aromatic rings. The van der Waals surface area contributed by atoms with Gasteiger partial charge in [-0.2, -0.15) is 0 Å². The van der Waals surface area contributed by atoms with Gasteiger partial charge in [0.1, 0.15) is 18.0 Å². The van der Waals surface area contributed by atoms with Gasteiger partial charge in [0.25, 0.3) is 5.91 Å². The molecule has 0 atom stereocenters. The van der Waals surface area contributed by atoms with Gasteiger partial charge < -0.3 is 14.5 Å². The maximum Gasteiger partial charge on any atom is 0.349 e. The van der Waals surface area contributed by atoms with E-state index in [4.69, 9.17) is 9.15 Å². The molecule has 0 spiro atoms. The summed E-state index contributed by atoms with van der Waals surface area (Å²) in [7, 11) is 0. The SMILES string of the molecule is CCC(=O)OCc1cnc(C)c2oc(=O)c(C(=O)Nc3cccc(F)c3)cc12. The summed E-state index contributed by atoms with van der Waals surface area (Å²) in [5.41, 5.74) is 0.241. The van der Waals surface area contributed by atoms with Crippen LogP contribution in [0.3, 0.4) is 0 Å². The highest BCUT2D eigenvalue weighted by atomic mass is 19.1. The van der Waals surface area contributed by atoms with Crippen molar-refractivity contribution in [3.63, 3.8) is 0 Å². The van der Waals surface area contributed by atoms with Gasteiger partial charge in [-0.05, 0) is 31.2 Å². The third-order valence-electron chi connectivity index (χ3n) is 4.04. The van der Waals surface area contributed by atoms with Crippen LogP contribution in [0, 0.1) is 12.7 Å². The van der Waals surface area contributed by atoms with Crippen LogP contribution in [0.5, 0.6) is 0 Å². The van der Waals surface area contributed by atoms with Crippen LogP contribution >= 0.6 is 0 Å². The lowest BCUT2D eigenvalue weighted by atomic mass is 10.1. The summed E-state index contributed by atoms with van der Waals surface area (Å²) in [6.07, 6.45) is 1.71. The van der Waals surface area contributed by atoms with Crippen molar-refractivity contribution in [1.82, 2.24) is 4.98 Å². The molecule has 144 valence electrons. The largest absolute Gasteiger partial charge is 0.461 e. The number of aryl methyl sites for hydroxylation is 1. The van der Waals surface area contributed by atoms with E-state index in [2.05, 4.69) is 10.3 Å².